The zero-order chi connectivity index (χ0) is 21.2. The average Bonchev–Trinajstić information content (AvgIpc) is 3.06. The van der Waals surface area contributed by atoms with E-state index in [1.165, 1.54) is 4.90 Å². The molecule has 2 heterocycles. The Bertz CT molecular complexity index is 1020. The number of nitrogens with zero attached hydrogens (tertiary/aromatic N) is 4. The third-order valence-electron chi connectivity index (χ3n) is 4.71. The molecule has 0 radical (unpaired) electrons. The summed E-state index contributed by atoms with van der Waals surface area (Å²) in [5, 5.41) is 5.33. The third-order valence-corrected chi connectivity index (χ3v) is 6.41. The molecule has 1 amide bonds. The molecule has 2 N–H and O–H groups in total. The minimum absolute atomic E-state index is 0.123. The summed E-state index contributed by atoms with van der Waals surface area (Å²) in [6.07, 6.45) is 3.58. The summed E-state index contributed by atoms with van der Waals surface area (Å²) in [4.78, 5) is 18.5. The van der Waals surface area contributed by atoms with Gasteiger partial charge in [-0.15, -0.1) is 0 Å². The van der Waals surface area contributed by atoms with Crippen LogP contribution in [0, 0.1) is 0 Å². The largest absolute Gasteiger partial charge is 0.398 e. The van der Waals surface area contributed by atoms with Gasteiger partial charge in [0.05, 0.1) is 11.8 Å². The number of pyridine rings is 1. The number of amides is 1. The summed E-state index contributed by atoms with van der Waals surface area (Å²) in [7, 11) is 2.31. The van der Waals surface area contributed by atoms with Crippen molar-refractivity contribution in [2.75, 3.05) is 26.4 Å². The molecule has 0 atom stereocenters. The minimum atomic E-state index is -1.11. The number of nitrogens with two attached hydrogens (primary N) is 1. The van der Waals surface area contributed by atoms with Crippen LogP contribution in [-0.4, -0.2) is 54.3 Å². The molecule has 0 bridgehead atoms. The van der Waals surface area contributed by atoms with E-state index in [1.54, 1.807) is 37.2 Å². The summed E-state index contributed by atoms with van der Waals surface area (Å²) < 4.78 is 7.57. The van der Waals surface area contributed by atoms with Crippen LogP contribution in [0.25, 0.3) is 22.2 Å². The van der Waals surface area contributed by atoms with Crippen LogP contribution >= 0.6 is 0 Å². The second-order valence-electron chi connectivity index (χ2n) is 8.63. The number of nitrogen functional groups attached to an aromatic ring is 1. The number of hydrogen-bond donors (Lipinski definition) is 1. The lowest BCUT2D eigenvalue weighted by Crippen LogP contribution is -2.22. The molecule has 0 aliphatic carbocycles. The molecule has 0 saturated heterocycles. The lowest BCUT2D eigenvalue weighted by atomic mass is 10.0. The number of carbonyl (C=O) groups is 1. The fourth-order valence-corrected chi connectivity index (χ4v) is 3.67. The van der Waals surface area contributed by atoms with E-state index in [0.717, 1.165) is 34.8 Å². The van der Waals surface area contributed by atoms with Crippen LogP contribution in [0.5, 0.6) is 0 Å². The van der Waals surface area contributed by atoms with Gasteiger partial charge >= 0.3 is 0 Å². The van der Waals surface area contributed by atoms with Crippen LogP contribution in [0.15, 0.2) is 36.7 Å². The first-order valence-corrected chi connectivity index (χ1v) is 13.4. The van der Waals surface area contributed by atoms with E-state index in [0.29, 0.717) is 18.0 Å². The van der Waals surface area contributed by atoms with Crippen molar-refractivity contribution in [1.82, 2.24) is 19.7 Å². The third kappa shape index (κ3) is 5.02. The number of carbonyl (C=O) groups excluding carboxylic acids is 1. The van der Waals surface area contributed by atoms with Gasteiger partial charge in [0.1, 0.15) is 6.73 Å². The average molecular weight is 412 g/mol. The Labute approximate surface area is 172 Å². The molecule has 0 aliphatic rings. The number of ether oxygens (including phenoxy) is 1. The van der Waals surface area contributed by atoms with Gasteiger partial charge in [-0.05, 0) is 29.8 Å². The summed E-state index contributed by atoms with van der Waals surface area (Å²) in [5.41, 5.74) is 9.52. The zero-order valence-electron chi connectivity index (χ0n) is 17.8. The first-order chi connectivity index (χ1) is 13.7. The predicted octanol–water partition coefficient (Wildman–Crippen LogP) is 3.69. The predicted molar refractivity (Wildman–Crippen MR) is 119 cm³/mol. The van der Waals surface area contributed by atoms with Gasteiger partial charge in [0, 0.05) is 51.6 Å². The molecule has 154 valence electrons. The van der Waals surface area contributed by atoms with Gasteiger partial charge in [0.15, 0.2) is 5.65 Å². The molecule has 0 unspecified atom stereocenters. The molecular formula is C21H29N5O2Si. The highest BCUT2D eigenvalue weighted by atomic mass is 28.3. The van der Waals surface area contributed by atoms with Gasteiger partial charge in [0.2, 0.25) is 0 Å². The molecule has 29 heavy (non-hydrogen) atoms. The molecule has 1 aromatic carbocycles. The molecular weight excluding hydrogens is 382 g/mol. The number of hydrogen-bond acceptors (Lipinski definition) is 5. The van der Waals surface area contributed by atoms with E-state index in [2.05, 4.69) is 29.7 Å². The Morgan fingerprint density at radius 1 is 1.17 bits per heavy atom. The molecule has 0 fully saturated rings. The smallest absolute Gasteiger partial charge is 0.255 e. The number of anilines is 1. The summed E-state index contributed by atoms with van der Waals surface area (Å²) in [6.45, 7) is 8.12. The highest BCUT2D eigenvalue weighted by molar-refractivity contribution is 6.76. The van der Waals surface area contributed by atoms with Gasteiger partial charge in [-0.1, -0.05) is 25.7 Å². The van der Waals surface area contributed by atoms with Gasteiger partial charge in [-0.25, -0.2) is 9.67 Å². The van der Waals surface area contributed by atoms with Gasteiger partial charge in [0.25, 0.3) is 5.91 Å². The SMILES string of the molecule is CN(C)C(=O)c1cc(-c2cnc3c(cnn3COCC[Si](C)(C)C)c2)ccc1N. The quantitative estimate of drug-likeness (QED) is 0.364. The second kappa shape index (κ2) is 8.34. The highest BCUT2D eigenvalue weighted by Gasteiger charge is 2.15. The van der Waals surface area contributed by atoms with Crippen molar-refractivity contribution in [2.45, 2.75) is 32.4 Å². The summed E-state index contributed by atoms with van der Waals surface area (Å²) >= 11 is 0. The molecule has 3 aromatic rings. The van der Waals surface area contributed by atoms with Crippen LogP contribution < -0.4 is 5.73 Å². The van der Waals surface area contributed by atoms with Crippen molar-refractivity contribution in [3.63, 3.8) is 0 Å². The number of aromatic nitrogens is 3. The lowest BCUT2D eigenvalue weighted by molar-refractivity contribution is 0.0812. The summed E-state index contributed by atoms with van der Waals surface area (Å²) in [5.74, 6) is -0.123. The summed E-state index contributed by atoms with van der Waals surface area (Å²) in [6, 6.07) is 8.60. The molecule has 0 saturated carbocycles. The van der Waals surface area contributed by atoms with Crippen LogP contribution in [-0.2, 0) is 11.5 Å². The fourth-order valence-electron chi connectivity index (χ4n) is 2.92. The Hall–Kier alpha value is -2.71. The first kappa shape index (κ1) is 21.0. The van der Waals surface area contributed by atoms with Crippen LogP contribution in [0.4, 0.5) is 5.69 Å². The van der Waals surface area contributed by atoms with Crippen LogP contribution in [0.1, 0.15) is 10.4 Å². The minimum Gasteiger partial charge on any atom is -0.398 e. The van der Waals surface area contributed by atoms with Gasteiger partial charge in [-0.2, -0.15) is 5.10 Å². The van der Waals surface area contributed by atoms with Crippen molar-refractivity contribution >= 4 is 30.7 Å². The van der Waals surface area contributed by atoms with E-state index in [4.69, 9.17) is 10.5 Å². The normalized spacial score (nSPS) is 11.8. The molecule has 2 aromatic heterocycles. The maximum atomic E-state index is 12.4. The van der Waals surface area contributed by atoms with Crippen molar-refractivity contribution < 1.29 is 9.53 Å². The second-order valence-corrected chi connectivity index (χ2v) is 14.3. The Kier molecular flexibility index (Phi) is 6.04. The Morgan fingerprint density at radius 3 is 2.62 bits per heavy atom. The molecule has 0 aliphatic heterocycles. The van der Waals surface area contributed by atoms with Crippen molar-refractivity contribution in [3.05, 3.63) is 42.2 Å². The van der Waals surface area contributed by atoms with E-state index in [-0.39, 0.29) is 5.91 Å². The van der Waals surface area contributed by atoms with E-state index in [1.807, 2.05) is 18.2 Å². The van der Waals surface area contributed by atoms with Crippen LogP contribution in [0.2, 0.25) is 25.7 Å². The van der Waals surface area contributed by atoms with Crippen molar-refractivity contribution in [1.29, 1.82) is 0 Å². The van der Waals surface area contributed by atoms with Gasteiger partial charge < -0.3 is 15.4 Å². The lowest BCUT2D eigenvalue weighted by Gasteiger charge is -2.15. The van der Waals surface area contributed by atoms with E-state index in [9.17, 15) is 4.79 Å². The van der Waals surface area contributed by atoms with Crippen molar-refractivity contribution in [2.24, 2.45) is 0 Å². The van der Waals surface area contributed by atoms with Crippen molar-refractivity contribution in [3.8, 4) is 11.1 Å². The Balaban J connectivity index is 1.81. The van der Waals surface area contributed by atoms with E-state index >= 15 is 0 Å². The first-order valence-electron chi connectivity index (χ1n) is 9.66. The maximum absolute atomic E-state index is 12.4. The van der Waals surface area contributed by atoms with Gasteiger partial charge in [-0.3, -0.25) is 4.79 Å². The molecule has 7 nitrogen and oxygen atoms in total. The van der Waals surface area contributed by atoms with E-state index < -0.39 is 8.07 Å². The molecule has 3 rings (SSSR count). The number of rotatable bonds is 7. The molecule has 8 heteroatoms. The topological polar surface area (TPSA) is 86.3 Å². The number of fused-ring (bicyclic) bond motifs is 1. The number of benzene rings is 1. The molecule has 0 spiro atoms. The van der Waals surface area contributed by atoms with Crippen LogP contribution in [0.3, 0.4) is 0 Å². The standard InChI is InChI=1S/C21H29N5O2Si/c1-25(2)21(27)18-11-15(6-7-19(18)22)16-10-17-13-24-26(20(17)23-12-16)14-28-8-9-29(3,4)5/h6-7,10-13H,8-9,14,22H2,1-5H3. The maximum Gasteiger partial charge on any atom is 0.255 e. The monoisotopic (exact) mass is 411 g/mol. The highest BCUT2D eigenvalue weighted by Crippen LogP contribution is 2.26. The Morgan fingerprint density at radius 2 is 1.93 bits per heavy atom. The zero-order valence-corrected chi connectivity index (χ0v) is 18.8. The fraction of sp³-hybridized carbons (Fsp3) is 0.381.